The summed E-state index contributed by atoms with van der Waals surface area (Å²) in [5.41, 5.74) is 3.78. The Morgan fingerprint density at radius 1 is 1.12 bits per heavy atom. The Kier molecular flexibility index (Phi) is 5.46. The van der Waals surface area contributed by atoms with E-state index in [-0.39, 0.29) is 5.91 Å². The van der Waals surface area contributed by atoms with Crippen LogP contribution in [0, 0.1) is 0 Å². The van der Waals surface area contributed by atoms with Crippen molar-refractivity contribution in [2.45, 2.75) is 19.4 Å². The predicted octanol–water partition coefficient (Wildman–Crippen LogP) is 2.86. The van der Waals surface area contributed by atoms with Crippen molar-refractivity contribution in [1.82, 2.24) is 4.90 Å². The fourth-order valence-electron chi connectivity index (χ4n) is 3.07. The maximum atomic E-state index is 12.2. The van der Waals surface area contributed by atoms with Gasteiger partial charge in [0.25, 0.3) is 0 Å². The molecule has 3 rings (SSSR count). The molecule has 0 spiro atoms. The lowest BCUT2D eigenvalue weighted by Gasteiger charge is -2.28. The van der Waals surface area contributed by atoms with Gasteiger partial charge in [0.2, 0.25) is 5.91 Å². The highest BCUT2D eigenvalue weighted by Crippen LogP contribution is 2.18. The number of anilines is 1. The zero-order valence-electron chi connectivity index (χ0n) is 14.3. The average Bonchev–Trinajstić information content (AvgIpc) is 2.65. The summed E-state index contributed by atoms with van der Waals surface area (Å²) in [6, 6.07) is 15.2. The number of nitrogens with zero attached hydrogens (tertiary/aromatic N) is 1. The Morgan fingerprint density at radius 2 is 1.92 bits per heavy atom. The summed E-state index contributed by atoms with van der Waals surface area (Å²) in [4.78, 5) is 26.0. The van der Waals surface area contributed by atoms with Crippen molar-refractivity contribution in [2.24, 2.45) is 0 Å². The summed E-state index contributed by atoms with van der Waals surface area (Å²) in [6.45, 7) is 2.58. The summed E-state index contributed by atoms with van der Waals surface area (Å²) in [5, 5.41) is 2.85. The van der Waals surface area contributed by atoms with Gasteiger partial charge in [-0.15, -0.1) is 0 Å². The van der Waals surface area contributed by atoms with Gasteiger partial charge in [-0.2, -0.15) is 0 Å². The molecule has 1 amide bonds. The number of carbonyl (C=O) groups is 2. The Hall–Kier alpha value is -2.66. The number of methoxy groups -OCH3 is 1. The van der Waals surface area contributed by atoms with Crippen molar-refractivity contribution < 1.29 is 14.3 Å². The number of benzene rings is 2. The van der Waals surface area contributed by atoms with Crippen LogP contribution in [-0.2, 0) is 22.5 Å². The number of nitrogens with one attached hydrogen (secondary N) is 1. The van der Waals surface area contributed by atoms with E-state index in [0.717, 1.165) is 26.1 Å². The molecule has 1 aliphatic rings. The molecule has 130 valence electrons. The van der Waals surface area contributed by atoms with Crippen LogP contribution in [0.5, 0.6) is 0 Å². The first-order chi connectivity index (χ1) is 12.2. The van der Waals surface area contributed by atoms with Crippen LogP contribution in [0.25, 0.3) is 0 Å². The molecule has 0 atom stereocenters. The van der Waals surface area contributed by atoms with Crippen molar-refractivity contribution in [2.75, 3.05) is 25.5 Å². The molecule has 0 radical (unpaired) electrons. The Labute approximate surface area is 147 Å². The fourth-order valence-corrected chi connectivity index (χ4v) is 3.07. The summed E-state index contributed by atoms with van der Waals surface area (Å²) in [5.74, 6) is -0.469. The number of carbonyl (C=O) groups excluding carboxylic acids is 2. The van der Waals surface area contributed by atoms with Crippen LogP contribution >= 0.6 is 0 Å². The number of amides is 1. The van der Waals surface area contributed by atoms with Gasteiger partial charge in [0.1, 0.15) is 0 Å². The second-order valence-electron chi connectivity index (χ2n) is 6.17. The third-order valence-electron chi connectivity index (χ3n) is 4.43. The lowest BCUT2D eigenvalue weighted by molar-refractivity contribution is -0.116. The van der Waals surface area contributed by atoms with Crippen LogP contribution < -0.4 is 5.32 Å². The smallest absolute Gasteiger partial charge is 0.337 e. The van der Waals surface area contributed by atoms with Crippen LogP contribution in [0.15, 0.2) is 48.5 Å². The van der Waals surface area contributed by atoms with Crippen molar-refractivity contribution in [3.8, 4) is 0 Å². The Bertz CT molecular complexity index is 773. The molecule has 2 aromatic carbocycles. The van der Waals surface area contributed by atoms with Crippen LogP contribution in [0.2, 0.25) is 0 Å². The van der Waals surface area contributed by atoms with Crippen LogP contribution in [0.1, 0.15) is 27.9 Å². The first kappa shape index (κ1) is 17.2. The third-order valence-corrected chi connectivity index (χ3v) is 4.43. The first-order valence-electron chi connectivity index (χ1n) is 8.43. The second kappa shape index (κ2) is 7.94. The average molecular weight is 338 g/mol. The zero-order chi connectivity index (χ0) is 17.6. The lowest BCUT2D eigenvalue weighted by Crippen LogP contribution is -2.33. The van der Waals surface area contributed by atoms with Gasteiger partial charge >= 0.3 is 5.97 Å². The fraction of sp³-hybridized carbons (Fsp3) is 0.300. The van der Waals surface area contributed by atoms with Gasteiger partial charge in [0, 0.05) is 31.7 Å². The van der Waals surface area contributed by atoms with Gasteiger partial charge in [-0.3, -0.25) is 9.69 Å². The van der Waals surface area contributed by atoms with Crippen molar-refractivity contribution in [3.63, 3.8) is 0 Å². The summed E-state index contributed by atoms with van der Waals surface area (Å²) in [7, 11) is 1.34. The zero-order valence-corrected chi connectivity index (χ0v) is 14.3. The van der Waals surface area contributed by atoms with E-state index in [0.29, 0.717) is 17.7 Å². The van der Waals surface area contributed by atoms with E-state index in [4.69, 9.17) is 4.74 Å². The summed E-state index contributed by atoms with van der Waals surface area (Å²) < 4.78 is 4.69. The standard InChI is InChI=1S/C20H22N2O3/c1-25-20(24)16-7-4-8-18(13-16)21-19(23)10-12-22-11-9-15-5-2-3-6-17(15)14-22/h2-8,13H,9-12,14H2,1H3,(H,21,23). The molecule has 1 heterocycles. The summed E-state index contributed by atoms with van der Waals surface area (Å²) >= 11 is 0. The lowest BCUT2D eigenvalue weighted by atomic mass is 10.00. The predicted molar refractivity (Wildman–Crippen MR) is 96.5 cm³/mol. The molecule has 1 aliphatic heterocycles. The highest BCUT2D eigenvalue weighted by atomic mass is 16.5. The molecule has 0 saturated carbocycles. The minimum atomic E-state index is -0.414. The van der Waals surface area contributed by atoms with Crippen LogP contribution in [0.4, 0.5) is 5.69 Å². The quantitative estimate of drug-likeness (QED) is 0.852. The molecule has 0 saturated heterocycles. The Balaban J connectivity index is 1.51. The molecular weight excluding hydrogens is 316 g/mol. The normalized spacial score (nSPS) is 13.8. The number of hydrogen-bond acceptors (Lipinski definition) is 4. The minimum absolute atomic E-state index is 0.0547. The van der Waals surface area contributed by atoms with Crippen LogP contribution in [0.3, 0.4) is 0 Å². The maximum absolute atomic E-state index is 12.2. The van der Waals surface area contributed by atoms with Gasteiger partial charge in [-0.25, -0.2) is 4.79 Å². The molecule has 0 fully saturated rings. The first-order valence-corrected chi connectivity index (χ1v) is 8.43. The number of hydrogen-bond donors (Lipinski definition) is 1. The van der Waals surface area contributed by atoms with Crippen molar-refractivity contribution in [1.29, 1.82) is 0 Å². The van der Waals surface area contributed by atoms with E-state index in [9.17, 15) is 9.59 Å². The van der Waals surface area contributed by atoms with E-state index in [1.54, 1.807) is 24.3 Å². The Morgan fingerprint density at radius 3 is 2.72 bits per heavy atom. The minimum Gasteiger partial charge on any atom is -0.465 e. The van der Waals surface area contributed by atoms with E-state index in [2.05, 4.69) is 34.5 Å². The maximum Gasteiger partial charge on any atom is 0.337 e. The molecule has 5 heteroatoms. The molecule has 2 aromatic rings. The summed E-state index contributed by atoms with van der Waals surface area (Å²) in [6.07, 6.45) is 1.45. The largest absolute Gasteiger partial charge is 0.465 e. The molecular formula is C20H22N2O3. The molecule has 5 nitrogen and oxygen atoms in total. The SMILES string of the molecule is COC(=O)c1cccc(NC(=O)CCN2CCc3ccccc3C2)c1. The molecule has 25 heavy (non-hydrogen) atoms. The number of esters is 1. The topological polar surface area (TPSA) is 58.6 Å². The van der Waals surface area contributed by atoms with Gasteiger partial charge in [-0.05, 0) is 35.7 Å². The highest BCUT2D eigenvalue weighted by molar-refractivity contribution is 5.94. The van der Waals surface area contributed by atoms with E-state index >= 15 is 0 Å². The van der Waals surface area contributed by atoms with E-state index in [1.165, 1.54) is 18.2 Å². The highest BCUT2D eigenvalue weighted by Gasteiger charge is 2.16. The molecule has 0 bridgehead atoms. The molecule has 1 N–H and O–H groups in total. The van der Waals surface area contributed by atoms with Crippen molar-refractivity contribution in [3.05, 3.63) is 65.2 Å². The number of fused-ring (bicyclic) bond motifs is 1. The number of ether oxygens (including phenoxy) is 1. The van der Waals surface area contributed by atoms with Gasteiger partial charge in [0.15, 0.2) is 0 Å². The second-order valence-corrected chi connectivity index (χ2v) is 6.17. The van der Waals surface area contributed by atoms with Crippen molar-refractivity contribution >= 4 is 17.6 Å². The third kappa shape index (κ3) is 4.45. The van der Waals surface area contributed by atoms with Gasteiger partial charge < -0.3 is 10.1 Å². The van der Waals surface area contributed by atoms with E-state index < -0.39 is 5.97 Å². The molecule has 0 unspecified atom stereocenters. The monoisotopic (exact) mass is 338 g/mol. The van der Waals surface area contributed by atoms with Gasteiger partial charge in [-0.1, -0.05) is 30.3 Å². The van der Waals surface area contributed by atoms with Crippen LogP contribution in [-0.4, -0.2) is 37.0 Å². The van der Waals surface area contributed by atoms with Gasteiger partial charge in [0.05, 0.1) is 12.7 Å². The molecule has 0 aromatic heterocycles. The molecule has 0 aliphatic carbocycles. The number of rotatable bonds is 5. The van der Waals surface area contributed by atoms with E-state index in [1.807, 2.05) is 0 Å².